The number of anilines is 1. The van der Waals surface area contributed by atoms with Crippen LogP contribution in [0, 0.1) is 0 Å². The van der Waals surface area contributed by atoms with Gasteiger partial charge in [-0.15, -0.1) is 0 Å². The van der Waals surface area contributed by atoms with Crippen LogP contribution in [-0.2, 0) is 0 Å². The van der Waals surface area contributed by atoms with Gasteiger partial charge >= 0.3 is 6.03 Å². The predicted octanol–water partition coefficient (Wildman–Crippen LogP) is 4.43. The molecule has 116 valence electrons. The molecule has 0 aliphatic carbocycles. The van der Waals surface area contributed by atoms with Crippen molar-refractivity contribution in [2.75, 3.05) is 12.4 Å². The third-order valence-electron chi connectivity index (χ3n) is 3.89. The summed E-state index contributed by atoms with van der Waals surface area (Å²) in [4.78, 5) is 18.3. The summed E-state index contributed by atoms with van der Waals surface area (Å²) in [6.07, 6.45) is 3.52. The average molecular weight is 297 g/mol. The molecule has 0 saturated heterocycles. The molecule has 1 N–H and O–H groups in total. The highest BCUT2D eigenvalue weighted by atomic mass is 16.2. The van der Waals surface area contributed by atoms with Crippen molar-refractivity contribution >= 4 is 11.7 Å². The quantitative estimate of drug-likeness (QED) is 0.907. The Balaban J connectivity index is 2.12. The maximum Gasteiger partial charge on any atom is 0.322 e. The zero-order valence-corrected chi connectivity index (χ0v) is 13.6. The van der Waals surface area contributed by atoms with Crippen LogP contribution >= 0.6 is 0 Å². The van der Waals surface area contributed by atoms with E-state index < -0.39 is 0 Å². The molecule has 4 heteroatoms. The highest BCUT2D eigenvalue weighted by Crippen LogP contribution is 2.25. The van der Waals surface area contributed by atoms with Gasteiger partial charge < -0.3 is 10.2 Å². The minimum absolute atomic E-state index is 0.0417. The molecule has 1 atom stereocenters. The van der Waals surface area contributed by atoms with Gasteiger partial charge in [-0.05, 0) is 36.1 Å². The fourth-order valence-electron chi connectivity index (χ4n) is 2.34. The number of carbonyl (C=O) groups excluding carboxylic acids is 1. The molecule has 1 unspecified atom stereocenters. The highest BCUT2D eigenvalue weighted by molar-refractivity contribution is 5.90. The molecule has 1 heterocycles. The van der Waals surface area contributed by atoms with E-state index in [1.165, 1.54) is 0 Å². The van der Waals surface area contributed by atoms with Crippen LogP contribution in [0.5, 0.6) is 0 Å². The topological polar surface area (TPSA) is 45.2 Å². The van der Waals surface area contributed by atoms with E-state index in [9.17, 15) is 4.79 Å². The number of hydrogen-bond acceptors (Lipinski definition) is 2. The van der Waals surface area contributed by atoms with E-state index in [0.717, 1.165) is 16.8 Å². The number of carbonyl (C=O) groups is 1. The van der Waals surface area contributed by atoms with Gasteiger partial charge in [0, 0.05) is 25.1 Å². The van der Waals surface area contributed by atoms with E-state index in [1.807, 2.05) is 43.3 Å². The standard InChI is InChI=1S/C18H23N3O/c1-13(2)16-9-5-6-10-17(16)20-18(22)21(4)14(3)15-8-7-11-19-12-15/h5-14H,1-4H3,(H,20,22). The third-order valence-corrected chi connectivity index (χ3v) is 3.89. The zero-order valence-electron chi connectivity index (χ0n) is 13.6. The number of nitrogens with one attached hydrogen (secondary N) is 1. The first-order valence-corrected chi connectivity index (χ1v) is 7.53. The second kappa shape index (κ2) is 7.07. The molecule has 1 aromatic carbocycles. The lowest BCUT2D eigenvalue weighted by Gasteiger charge is -2.26. The Morgan fingerprint density at radius 3 is 2.50 bits per heavy atom. The van der Waals surface area contributed by atoms with Crippen LogP contribution in [0.3, 0.4) is 0 Å². The fraction of sp³-hybridized carbons (Fsp3) is 0.333. The maximum atomic E-state index is 12.5. The third kappa shape index (κ3) is 3.64. The van der Waals surface area contributed by atoms with Crippen LogP contribution < -0.4 is 5.32 Å². The lowest BCUT2D eigenvalue weighted by atomic mass is 10.0. The van der Waals surface area contributed by atoms with E-state index in [1.54, 1.807) is 24.3 Å². The van der Waals surface area contributed by atoms with Crippen molar-refractivity contribution in [3.63, 3.8) is 0 Å². The molecule has 1 aromatic heterocycles. The van der Waals surface area contributed by atoms with Crippen LogP contribution in [0.2, 0.25) is 0 Å². The number of urea groups is 1. The Bertz CT molecular complexity index is 625. The Hall–Kier alpha value is -2.36. The van der Waals surface area contributed by atoms with Crippen LogP contribution in [0.25, 0.3) is 0 Å². The Kier molecular flexibility index (Phi) is 5.15. The Morgan fingerprint density at radius 2 is 1.86 bits per heavy atom. The van der Waals surface area contributed by atoms with Gasteiger partial charge in [0.25, 0.3) is 0 Å². The number of para-hydroxylation sites is 1. The number of amides is 2. The number of hydrogen-bond donors (Lipinski definition) is 1. The summed E-state index contributed by atoms with van der Waals surface area (Å²) in [7, 11) is 1.80. The summed E-state index contributed by atoms with van der Waals surface area (Å²) in [5.74, 6) is 0.359. The summed E-state index contributed by atoms with van der Waals surface area (Å²) in [6, 6.07) is 11.6. The second-order valence-electron chi connectivity index (χ2n) is 5.75. The first kappa shape index (κ1) is 16.0. The summed E-state index contributed by atoms with van der Waals surface area (Å²) >= 11 is 0. The molecule has 0 fully saturated rings. The molecule has 2 amide bonds. The van der Waals surface area contributed by atoms with Gasteiger partial charge in [0.05, 0.1) is 6.04 Å². The highest BCUT2D eigenvalue weighted by Gasteiger charge is 2.18. The van der Waals surface area contributed by atoms with E-state index in [-0.39, 0.29) is 12.1 Å². The second-order valence-corrected chi connectivity index (χ2v) is 5.75. The van der Waals surface area contributed by atoms with Gasteiger partial charge in [-0.2, -0.15) is 0 Å². The van der Waals surface area contributed by atoms with Crippen molar-refractivity contribution in [1.82, 2.24) is 9.88 Å². The SMILES string of the molecule is CC(C)c1ccccc1NC(=O)N(C)C(C)c1cccnc1. The van der Waals surface area contributed by atoms with Gasteiger partial charge in [-0.25, -0.2) is 4.79 Å². The van der Waals surface area contributed by atoms with Crippen LogP contribution in [0.1, 0.15) is 43.9 Å². The van der Waals surface area contributed by atoms with E-state index in [0.29, 0.717) is 5.92 Å². The van der Waals surface area contributed by atoms with Crippen molar-refractivity contribution in [1.29, 1.82) is 0 Å². The molecule has 4 nitrogen and oxygen atoms in total. The van der Waals surface area contributed by atoms with Gasteiger partial charge in [0.1, 0.15) is 0 Å². The molecule has 0 aliphatic heterocycles. The summed E-state index contributed by atoms with van der Waals surface area (Å²) in [5, 5.41) is 3.01. The van der Waals surface area contributed by atoms with Crippen molar-refractivity contribution in [3.8, 4) is 0 Å². The number of aromatic nitrogens is 1. The molecule has 0 spiro atoms. The van der Waals surface area contributed by atoms with Crippen molar-refractivity contribution in [2.45, 2.75) is 32.7 Å². The molecule has 0 bridgehead atoms. The summed E-state index contributed by atoms with van der Waals surface area (Å²) in [5.41, 5.74) is 3.02. The first-order valence-electron chi connectivity index (χ1n) is 7.53. The Morgan fingerprint density at radius 1 is 1.14 bits per heavy atom. The predicted molar refractivity (Wildman–Crippen MR) is 90.0 cm³/mol. The zero-order chi connectivity index (χ0) is 16.1. The van der Waals surface area contributed by atoms with Crippen LogP contribution in [-0.4, -0.2) is 23.0 Å². The molecule has 0 aliphatic rings. The monoisotopic (exact) mass is 297 g/mol. The van der Waals surface area contributed by atoms with Gasteiger partial charge in [0.2, 0.25) is 0 Å². The normalized spacial score (nSPS) is 12.0. The molecule has 22 heavy (non-hydrogen) atoms. The Labute approximate surface area is 132 Å². The molecule has 2 rings (SSSR count). The van der Waals surface area contributed by atoms with Gasteiger partial charge in [-0.1, -0.05) is 38.1 Å². The van der Waals surface area contributed by atoms with Crippen LogP contribution in [0.15, 0.2) is 48.8 Å². The molecule has 0 radical (unpaired) electrons. The largest absolute Gasteiger partial charge is 0.322 e. The number of rotatable bonds is 4. The van der Waals surface area contributed by atoms with Crippen molar-refractivity contribution in [2.24, 2.45) is 0 Å². The first-order chi connectivity index (χ1) is 10.5. The molecular weight excluding hydrogens is 274 g/mol. The minimum Gasteiger partial charge on any atom is -0.321 e. The number of benzene rings is 1. The van der Waals surface area contributed by atoms with Gasteiger partial charge in [-0.3, -0.25) is 4.98 Å². The fourth-order valence-corrected chi connectivity index (χ4v) is 2.34. The van der Waals surface area contributed by atoms with Crippen LogP contribution in [0.4, 0.5) is 10.5 Å². The lowest BCUT2D eigenvalue weighted by molar-refractivity contribution is 0.208. The van der Waals surface area contributed by atoms with Crippen molar-refractivity contribution < 1.29 is 4.79 Å². The van der Waals surface area contributed by atoms with E-state index >= 15 is 0 Å². The maximum absolute atomic E-state index is 12.5. The summed E-state index contributed by atoms with van der Waals surface area (Å²) in [6.45, 7) is 6.23. The molecular formula is C18H23N3O. The molecule has 0 saturated carbocycles. The van der Waals surface area contributed by atoms with Gasteiger partial charge in [0.15, 0.2) is 0 Å². The summed E-state index contributed by atoms with van der Waals surface area (Å²) < 4.78 is 0. The smallest absolute Gasteiger partial charge is 0.321 e. The average Bonchev–Trinajstić information content (AvgIpc) is 2.54. The van der Waals surface area contributed by atoms with E-state index in [4.69, 9.17) is 0 Å². The number of nitrogens with zero attached hydrogens (tertiary/aromatic N) is 2. The number of pyridine rings is 1. The minimum atomic E-state index is -0.121. The molecule has 2 aromatic rings. The van der Waals surface area contributed by atoms with E-state index in [2.05, 4.69) is 24.1 Å². The van der Waals surface area contributed by atoms with Crippen molar-refractivity contribution in [3.05, 3.63) is 59.9 Å². The lowest BCUT2D eigenvalue weighted by Crippen LogP contribution is -2.34.